The van der Waals surface area contributed by atoms with Crippen LogP contribution in [0.15, 0.2) is 48.5 Å². The van der Waals surface area contributed by atoms with Gasteiger partial charge in [0.1, 0.15) is 0 Å². The quantitative estimate of drug-likeness (QED) is 0.520. The number of carbonyl (C=O) groups is 2. The maximum absolute atomic E-state index is 12.0. The molecule has 2 aromatic carbocycles. The third-order valence-electron chi connectivity index (χ3n) is 2.96. The number of ether oxygens (including phenoxy) is 1. The number of hydrogen-bond donors (Lipinski definition) is 1. The number of methoxy groups -OCH3 is 1. The van der Waals surface area contributed by atoms with Gasteiger partial charge >= 0.3 is 0 Å². The van der Waals surface area contributed by atoms with Crippen LogP contribution in [0.5, 0.6) is 11.5 Å². The number of benzene rings is 2. The van der Waals surface area contributed by atoms with Crippen LogP contribution in [0.25, 0.3) is 6.08 Å². The lowest BCUT2D eigenvalue weighted by molar-refractivity contribution is 0.104. The van der Waals surface area contributed by atoms with E-state index in [1.165, 1.54) is 19.3 Å². The lowest BCUT2D eigenvalue weighted by Crippen LogP contribution is -1.93. The minimum Gasteiger partial charge on any atom is -0.504 e. The van der Waals surface area contributed by atoms with E-state index in [0.717, 1.165) is 0 Å². The fourth-order valence-electron chi connectivity index (χ4n) is 1.86. The topological polar surface area (TPSA) is 63.6 Å². The second kappa shape index (κ2) is 6.52. The van der Waals surface area contributed by atoms with Crippen LogP contribution in [0.4, 0.5) is 0 Å². The second-order valence-corrected chi connectivity index (χ2v) is 4.34. The van der Waals surface area contributed by atoms with Crippen LogP contribution in [-0.2, 0) is 0 Å². The van der Waals surface area contributed by atoms with Crippen LogP contribution < -0.4 is 4.74 Å². The summed E-state index contributed by atoms with van der Waals surface area (Å²) in [5.41, 5.74) is 1.28. The Balaban J connectivity index is 2.29. The lowest BCUT2D eigenvalue weighted by atomic mass is 10.1. The highest BCUT2D eigenvalue weighted by Gasteiger charge is 2.09. The Kier molecular flexibility index (Phi) is 4.51. The Morgan fingerprint density at radius 1 is 1.19 bits per heavy atom. The van der Waals surface area contributed by atoms with E-state index in [1.807, 2.05) is 6.07 Å². The van der Waals surface area contributed by atoms with Gasteiger partial charge in [-0.05, 0) is 23.8 Å². The fraction of sp³-hybridized carbons (Fsp3) is 0.0588. The van der Waals surface area contributed by atoms with E-state index in [1.54, 1.807) is 36.4 Å². The smallest absolute Gasteiger partial charge is 0.185 e. The first kappa shape index (κ1) is 14.5. The first-order chi connectivity index (χ1) is 10.2. The van der Waals surface area contributed by atoms with Gasteiger partial charge in [0.15, 0.2) is 23.6 Å². The summed E-state index contributed by atoms with van der Waals surface area (Å²) < 4.78 is 4.99. The van der Waals surface area contributed by atoms with Crippen molar-refractivity contribution in [3.63, 3.8) is 0 Å². The molecular formula is C17H14O4. The number of ketones is 1. The molecule has 0 aliphatic heterocycles. The van der Waals surface area contributed by atoms with Gasteiger partial charge in [0, 0.05) is 5.56 Å². The minimum absolute atomic E-state index is 0.112. The number of carbonyl (C=O) groups excluding carboxylic acids is 2. The highest BCUT2D eigenvalue weighted by molar-refractivity contribution is 6.06. The summed E-state index contributed by atoms with van der Waals surface area (Å²) in [6, 6.07) is 11.9. The normalized spacial score (nSPS) is 10.5. The molecule has 2 aromatic rings. The third-order valence-corrected chi connectivity index (χ3v) is 2.96. The van der Waals surface area contributed by atoms with Gasteiger partial charge in [-0.15, -0.1) is 0 Å². The van der Waals surface area contributed by atoms with E-state index in [2.05, 4.69) is 0 Å². The molecule has 0 heterocycles. The van der Waals surface area contributed by atoms with Crippen molar-refractivity contribution in [3.05, 3.63) is 65.2 Å². The van der Waals surface area contributed by atoms with E-state index in [-0.39, 0.29) is 22.8 Å². The first-order valence-electron chi connectivity index (χ1n) is 6.29. The Morgan fingerprint density at radius 3 is 2.52 bits per heavy atom. The molecule has 0 atom stereocenters. The summed E-state index contributed by atoms with van der Waals surface area (Å²) in [4.78, 5) is 22.9. The van der Waals surface area contributed by atoms with Crippen LogP contribution in [-0.4, -0.2) is 24.3 Å². The molecule has 0 aliphatic carbocycles. The Bertz CT molecular complexity index is 687. The van der Waals surface area contributed by atoms with Gasteiger partial charge in [-0.1, -0.05) is 36.4 Å². The van der Waals surface area contributed by atoms with Crippen LogP contribution in [0.1, 0.15) is 26.3 Å². The van der Waals surface area contributed by atoms with Crippen molar-refractivity contribution >= 4 is 18.1 Å². The Labute approximate surface area is 122 Å². The van der Waals surface area contributed by atoms with Crippen LogP contribution in [0.3, 0.4) is 0 Å². The minimum atomic E-state index is -0.209. The van der Waals surface area contributed by atoms with Gasteiger partial charge in [0.05, 0.1) is 12.7 Å². The van der Waals surface area contributed by atoms with Crippen molar-refractivity contribution in [2.24, 2.45) is 0 Å². The highest BCUT2D eigenvalue weighted by atomic mass is 16.5. The van der Waals surface area contributed by atoms with Crippen LogP contribution in [0, 0.1) is 0 Å². The van der Waals surface area contributed by atoms with Crippen molar-refractivity contribution in [2.45, 2.75) is 0 Å². The van der Waals surface area contributed by atoms with E-state index in [9.17, 15) is 14.7 Å². The number of phenolic OH excluding ortho intramolecular Hbond substituents is 1. The lowest BCUT2D eigenvalue weighted by Gasteiger charge is -2.06. The molecule has 0 aliphatic rings. The number of hydrogen-bond acceptors (Lipinski definition) is 4. The number of aldehydes is 1. The average Bonchev–Trinajstić information content (AvgIpc) is 2.54. The molecule has 0 radical (unpaired) electrons. The highest BCUT2D eigenvalue weighted by Crippen LogP contribution is 2.30. The van der Waals surface area contributed by atoms with E-state index in [0.29, 0.717) is 17.4 Å². The van der Waals surface area contributed by atoms with Gasteiger partial charge in [-0.25, -0.2) is 0 Å². The maximum Gasteiger partial charge on any atom is 0.185 e. The van der Waals surface area contributed by atoms with Gasteiger partial charge in [0.2, 0.25) is 0 Å². The zero-order valence-electron chi connectivity index (χ0n) is 11.4. The van der Waals surface area contributed by atoms with Gasteiger partial charge in [0.25, 0.3) is 0 Å². The monoisotopic (exact) mass is 282 g/mol. The molecule has 4 heteroatoms. The molecule has 0 amide bonds. The van der Waals surface area contributed by atoms with E-state index < -0.39 is 0 Å². The second-order valence-electron chi connectivity index (χ2n) is 4.34. The predicted molar refractivity (Wildman–Crippen MR) is 79.9 cm³/mol. The molecule has 0 spiro atoms. The molecule has 0 saturated heterocycles. The summed E-state index contributed by atoms with van der Waals surface area (Å²) in [6.07, 6.45) is 3.52. The van der Waals surface area contributed by atoms with Crippen molar-refractivity contribution in [3.8, 4) is 11.5 Å². The average molecular weight is 282 g/mol. The molecule has 0 saturated carbocycles. The summed E-state index contributed by atoms with van der Waals surface area (Å²) in [5.74, 6) is -0.166. The van der Waals surface area contributed by atoms with Crippen LogP contribution in [0.2, 0.25) is 0 Å². The van der Waals surface area contributed by atoms with Crippen LogP contribution >= 0.6 is 0 Å². The zero-order chi connectivity index (χ0) is 15.2. The first-order valence-corrected chi connectivity index (χ1v) is 6.29. The molecule has 0 bridgehead atoms. The van der Waals surface area contributed by atoms with Gasteiger partial charge < -0.3 is 9.84 Å². The van der Waals surface area contributed by atoms with Gasteiger partial charge in [-0.3, -0.25) is 9.59 Å². The van der Waals surface area contributed by atoms with Gasteiger partial charge in [-0.2, -0.15) is 0 Å². The number of aromatic hydroxyl groups is 1. The molecule has 4 nitrogen and oxygen atoms in total. The van der Waals surface area contributed by atoms with Crippen molar-refractivity contribution in [1.82, 2.24) is 0 Å². The number of rotatable bonds is 5. The molecule has 0 aromatic heterocycles. The SMILES string of the molecule is COc1cc(C=CC(=O)c2ccccc2)cc(C=O)c1O. The number of allylic oxidation sites excluding steroid dienone is 1. The Hall–Kier alpha value is -2.88. The summed E-state index contributed by atoms with van der Waals surface area (Å²) in [7, 11) is 1.40. The zero-order valence-corrected chi connectivity index (χ0v) is 11.4. The summed E-state index contributed by atoms with van der Waals surface area (Å²) in [6.45, 7) is 0. The standard InChI is InChI=1S/C17H14O4/c1-21-16-10-12(9-14(11-18)17(16)20)7-8-15(19)13-5-3-2-4-6-13/h2-11,20H,1H3. The third kappa shape index (κ3) is 3.36. The molecule has 0 fully saturated rings. The molecule has 106 valence electrons. The molecular weight excluding hydrogens is 268 g/mol. The molecule has 21 heavy (non-hydrogen) atoms. The van der Waals surface area contributed by atoms with E-state index in [4.69, 9.17) is 4.74 Å². The summed E-state index contributed by atoms with van der Waals surface area (Å²) >= 11 is 0. The van der Waals surface area contributed by atoms with Crippen molar-refractivity contribution < 1.29 is 19.4 Å². The number of phenols is 1. The van der Waals surface area contributed by atoms with Crippen molar-refractivity contribution in [1.29, 1.82) is 0 Å². The predicted octanol–water partition coefficient (Wildman–Crippen LogP) is 3.11. The maximum atomic E-state index is 12.0. The summed E-state index contributed by atoms with van der Waals surface area (Å²) in [5, 5.41) is 9.72. The van der Waals surface area contributed by atoms with Crippen molar-refractivity contribution in [2.75, 3.05) is 7.11 Å². The fourth-order valence-corrected chi connectivity index (χ4v) is 1.86. The van der Waals surface area contributed by atoms with E-state index >= 15 is 0 Å². The molecule has 2 rings (SSSR count). The molecule has 1 N–H and O–H groups in total. The largest absolute Gasteiger partial charge is 0.504 e. The molecule has 0 unspecified atom stereocenters. The Morgan fingerprint density at radius 2 is 1.90 bits per heavy atom.